The van der Waals surface area contributed by atoms with Gasteiger partial charge in [-0.1, -0.05) is 12.1 Å². The number of non-ortho nitro benzene ring substituents is 1. The summed E-state index contributed by atoms with van der Waals surface area (Å²) in [7, 11) is 5.01. The molecule has 10 heteroatoms. The number of benzene rings is 2. The second-order valence-electron chi connectivity index (χ2n) is 7.53. The number of nitrogens with zero attached hydrogens (tertiary/aromatic N) is 3. The van der Waals surface area contributed by atoms with E-state index in [-0.39, 0.29) is 29.1 Å². The molecule has 2 aromatic rings. The topological polar surface area (TPSA) is 133 Å². The lowest BCUT2D eigenvalue weighted by Gasteiger charge is -2.26. The number of nitro benzene ring substituents is 1. The van der Waals surface area contributed by atoms with Crippen LogP contribution in [0.4, 0.5) is 5.69 Å². The Morgan fingerprint density at radius 2 is 1.94 bits per heavy atom. The number of likely N-dealkylation sites (N-methyl/N-ethyl adjacent to an activating group) is 1. The standard InChI is InChI=1S/C22H23N3O7/c1-23(2)9-10-24-19(13-5-4-6-14(11-13)25(30)31)18(21(28)22(24)29)20(27)16-8-7-15(32-3)12-17(16)26/h4-8,11-12,19,26-27H,9-10H2,1-3H3/t19-/m1/s1. The zero-order valence-electron chi connectivity index (χ0n) is 17.8. The van der Waals surface area contributed by atoms with Gasteiger partial charge < -0.3 is 24.7 Å². The lowest BCUT2D eigenvalue weighted by atomic mass is 9.94. The first-order valence-corrected chi connectivity index (χ1v) is 9.70. The van der Waals surface area contributed by atoms with Gasteiger partial charge in [-0.3, -0.25) is 19.7 Å². The van der Waals surface area contributed by atoms with Gasteiger partial charge in [-0.05, 0) is 31.8 Å². The summed E-state index contributed by atoms with van der Waals surface area (Å²) in [5, 5.41) is 32.6. The molecule has 0 saturated carbocycles. The molecule has 0 unspecified atom stereocenters. The van der Waals surface area contributed by atoms with Crippen molar-refractivity contribution >= 4 is 23.1 Å². The molecule has 1 fully saturated rings. The maximum absolute atomic E-state index is 12.9. The summed E-state index contributed by atoms with van der Waals surface area (Å²) in [6, 6.07) is 8.61. The van der Waals surface area contributed by atoms with E-state index in [0.29, 0.717) is 17.9 Å². The maximum Gasteiger partial charge on any atom is 0.295 e. The van der Waals surface area contributed by atoms with Gasteiger partial charge in [0.1, 0.15) is 17.3 Å². The number of likely N-dealkylation sites (tertiary alicyclic amines) is 1. The molecule has 1 saturated heterocycles. The van der Waals surface area contributed by atoms with Crippen molar-refractivity contribution < 1.29 is 29.5 Å². The molecule has 1 amide bonds. The molecule has 0 radical (unpaired) electrons. The number of ether oxygens (including phenoxy) is 1. The molecule has 2 aromatic carbocycles. The van der Waals surface area contributed by atoms with E-state index in [4.69, 9.17) is 4.74 Å². The number of ketones is 1. The number of phenols is 1. The van der Waals surface area contributed by atoms with E-state index in [1.165, 1.54) is 48.4 Å². The molecule has 1 aliphatic rings. The van der Waals surface area contributed by atoms with Crippen molar-refractivity contribution in [1.82, 2.24) is 9.80 Å². The Balaban J connectivity index is 2.20. The molecule has 0 spiro atoms. The largest absolute Gasteiger partial charge is 0.507 e. The number of carbonyl (C=O) groups excluding carboxylic acids is 2. The highest BCUT2D eigenvalue weighted by Gasteiger charge is 2.46. The van der Waals surface area contributed by atoms with Crippen molar-refractivity contribution in [1.29, 1.82) is 0 Å². The van der Waals surface area contributed by atoms with Crippen LogP contribution in [-0.4, -0.2) is 70.9 Å². The van der Waals surface area contributed by atoms with Gasteiger partial charge in [0.2, 0.25) is 0 Å². The average Bonchev–Trinajstić information content (AvgIpc) is 3.01. The molecule has 1 aliphatic heterocycles. The SMILES string of the molecule is COc1ccc(C(O)=C2C(=O)C(=O)N(CCN(C)C)[C@@H]2c2cccc([N+](=O)[O-])c2)c(O)c1. The zero-order chi connectivity index (χ0) is 23.6. The van der Waals surface area contributed by atoms with Gasteiger partial charge in [0.25, 0.3) is 17.4 Å². The van der Waals surface area contributed by atoms with Crippen LogP contribution >= 0.6 is 0 Å². The molecule has 3 rings (SSSR count). The highest BCUT2D eigenvalue weighted by atomic mass is 16.6. The lowest BCUT2D eigenvalue weighted by Crippen LogP contribution is -2.35. The van der Waals surface area contributed by atoms with E-state index >= 15 is 0 Å². The Morgan fingerprint density at radius 1 is 1.22 bits per heavy atom. The fraction of sp³-hybridized carbons (Fsp3) is 0.273. The Morgan fingerprint density at radius 3 is 2.53 bits per heavy atom. The summed E-state index contributed by atoms with van der Waals surface area (Å²) < 4.78 is 5.04. The van der Waals surface area contributed by atoms with E-state index in [1.54, 1.807) is 20.2 Å². The van der Waals surface area contributed by atoms with Crippen LogP contribution in [0.5, 0.6) is 11.5 Å². The molecule has 0 bridgehead atoms. The van der Waals surface area contributed by atoms with Crippen molar-refractivity contribution in [3.8, 4) is 11.5 Å². The Labute approximate surface area is 184 Å². The van der Waals surface area contributed by atoms with Crippen molar-refractivity contribution in [2.45, 2.75) is 6.04 Å². The van der Waals surface area contributed by atoms with E-state index < -0.39 is 28.4 Å². The number of rotatable bonds is 7. The normalized spacial score (nSPS) is 17.8. The van der Waals surface area contributed by atoms with Crippen LogP contribution in [0.1, 0.15) is 17.2 Å². The van der Waals surface area contributed by atoms with Crippen LogP contribution in [0.25, 0.3) is 5.76 Å². The molecule has 10 nitrogen and oxygen atoms in total. The molecule has 1 heterocycles. The number of methoxy groups -OCH3 is 1. The number of aromatic hydroxyl groups is 1. The molecule has 0 aliphatic carbocycles. The van der Waals surface area contributed by atoms with Gasteiger partial charge in [0, 0.05) is 31.3 Å². The molecule has 32 heavy (non-hydrogen) atoms. The molecular formula is C22H23N3O7. The third-order valence-electron chi connectivity index (χ3n) is 5.18. The van der Waals surface area contributed by atoms with E-state index in [0.717, 1.165) is 0 Å². The van der Waals surface area contributed by atoms with E-state index in [1.807, 2.05) is 4.90 Å². The summed E-state index contributed by atoms with van der Waals surface area (Å²) in [6.07, 6.45) is 0. The minimum atomic E-state index is -1.06. The number of nitro groups is 1. The summed E-state index contributed by atoms with van der Waals surface area (Å²) >= 11 is 0. The predicted molar refractivity (Wildman–Crippen MR) is 115 cm³/mol. The molecule has 168 valence electrons. The van der Waals surface area contributed by atoms with Crippen molar-refractivity contribution in [3.05, 3.63) is 69.3 Å². The van der Waals surface area contributed by atoms with Crippen LogP contribution in [0.15, 0.2) is 48.0 Å². The first-order chi connectivity index (χ1) is 15.1. The fourth-order valence-electron chi connectivity index (χ4n) is 3.56. The third-order valence-corrected chi connectivity index (χ3v) is 5.18. The van der Waals surface area contributed by atoms with Crippen LogP contribution in [0, 0.1) is 10.1 Å². The number of aliphatic hydroxyl groups is 1. The predicted octanol–water partition coefficient (Wildman–Crippen LogP) is 2.29. The zero-order valence-corrected chi connectivity index (χ0v) is 17.8. The van der Waals surface area contributed by atoms with E-state index in [2.05, 4.69) is 0 Å². The summed E-state index contributed by atoms with van der Waals surface area (Å²) in [4.78, 5) is 39.6. The summed E-state index contributed by atoms with van der Waals surface area (Å²) in [6.45, 7) is 0.572. The van der Waals surface area contributed by atoms with Gasteiger partial charge in [-0.2, -0.15) is 0 Å². The molecule has 0 aromatic heterocycles. The molecular weight excluding hydrogens is 418 g/mol. The second kappa shape index (κ2) is 9.06. The Hall–Kier alpha value is -3.92. The van der Waals surface area contributed by atoms with Gasteiger partial charge in [0.05, 0.1) is 29.2 Å². The van der Waals surface area contributed by atoms with Crippen LogP contribution < -0.4 is 4.74 Å². The van der Waals surface area contributed by atoms with Crippen LogP contribution in [-0.2, 0) is 9.59 Å². The number of amides is 1. The summed E-state index contributed by atoms with van der Waals surface area (Å²) in [5.41, 5.74) is -0.235. The number of hydrogen-bond donors (Lipinski definition) is 2. The van der Waals surface area contributed by atoms with Crippen LogP contribution in [0.2, 0.25) is 0 Å². The first-order valence-electron chi connectivity index (χ1n) is 9.70. The number of Topliss-reactive ketones (excluding diaryl/α,β-unsaturated/α-hetero) is 1. The quantitative estimate of drug-likeness (QED) is 0.220. The Kier molecular flexibility index (Phi) is 6.45. The van der Waals surface area contributed by atoms with E-state index in [9.17, 15) is 29.9 Å². The van der Waals surface area contributed by atoms with Gasteiger partial charge >= 0.3 is 0 Å². The first kappa shape index (κ1) is 22.8. The van der Waals surface area contributed by atoms with Crippen LogP contribution in [0.3, 0.4) is 0 Å². The average molecular weight is 441 g/mol. The van der Waals surface area contributed by atoms with Gasteiger partial charge in [0.15, 0.2) is 0 Å². The smallest absolute Gasteiger partial charge is 0.295 e. The monoisotopic (exact) mass is 441 g/mol. The third kappa shape index (κ3) is 4.26. The van der Waals surface area contributed by atoms with Crippen molar-refractivity contribution in [2.75, 3.05) is 34.3 Å². The fourth-order valence-corrected chi connectivity index (χ4v) is 3.56. The lowest BCUT2D eigenvalue weighted by molar-refractivity contribution is -0.384. The number of carbonyl (C=O) groups is 2. The second-order valence-corrected chi connectivity index (χ2v) is 7.53. The molecule has 1 atom stereocenters. The minimum absolute atomic E-state index is 0.0631. The van der Waals surface area contributed by atoms with Crippen molar-refractivity contribution in [2.24, 2.45) is 0 Å². The number of phenolic OH excluding ortho intramolecular Hbond substituents is 1. The highest BCUT2D eigenvalue weighted by molar-refractivity contribution is 6.46. The maximum atomic E-state index is 12.9. The Bertz CT molecular complexity index is 1110. The van der Waals surface area contributed by atoms with Gasteiger partial charge in [-0.15, -0.1) is 0 Å². The van der Waals surface area contributed by atoms with Crippen molar-refractivity contribution in [3.63, 3.8) is 0 Å². The van der Waals surface area contributed by atoms with Gasteiger partial charge in [-0.25, -0.2) is 0 Å². The molecule has 2 N–H and O–H groups in total. The highest BCUT2D eigenvalue weighted by Crippen LogP contribution is 2.41. The minimum Gasteiger partial charge on any atom is -0.507 e. The summed E-state index contributed by atoms with van der Waals surface area (Å²) in [5.74, 6) is -2.36. The number of aliphatic hydroxyl groups excluding tert-OH is 1. The number of hydrogen-bond acceptors (Lipinski definition) is 8.